The molecule has 0 aliphatic heterocycles. The van der Waals surface area contributed by atoms with Gasteiger partial charge in [0.15, 0.2) is 4.34 Å². The highest BCUT2D eigenvalue weighted by Crippen LogP contribution is 2.31. The third-order valence-electron chi connectivity index (χ3n) is 2.73. The van der Waals surface area contributed by atoms with Crippen LogP contribution in [0.15, 0.2) is 22.5 Å². The van der Waals surface area contributed by atoms with Crippen molar-refractivity contribution in [3.63, 3.8) is 0 Å². The molecule has 0 saturated carbocycles. The van der Waals surface area contributed by atoms with Crippen molar-refractivity contribution in [2.45, 2.75) is 10.1 Å². The molecule has 0 radical (unpaired) electrons. The summed E-state index contributed by atoms with van der Waals surface area (Å²) in [7, 11) is 3.95. The summed E-state index contributed by atoms with van der Waals surface area (Å²) in [6.07, 6.45) is 0. The van der Waals surface area contributed by atoms with Crippen molar-refractivity contribution < 1.29 is 14.8 Å². The standard InChI is InChI=1S/C12H16BN3O3S2/c1-16(2)11-14-15-12(21-11)20-7-8-6-9(13(17)18)4-5-10(8)19-3/h4-6,17-18H,7H2,1-3H3. The van der Waals surface area contributed by atoms with E-state index in [2.05, 4.69) is 10.2 Å². The summed E-state index contributed by atoms with van der Waals surface area (Å²) in [5.41, 5.74) is 1.33. The lowest BCUT2D eigenvalue weighted by molar-refractivity contribution is 0.410. The van der Waals surface area contributed by atoms with Gasteiger partial charge in [0, 0.05) is 25.4 Å². The number of ether oxygens (including phenoxy) is 1. The minimum Gasteiger partial charge on any atom is -0.496 e. The quantitative estimate of drug-likeness (QED) is 0.594. The second-order valence-corrected chi connectivity index (χ2v) is 6.66. The highest BCUT2D eigenvalue weighted by atomic mass is 32.2. The maximum absolute atomic E-state index is 9.24. The number of anilines is 1. The largest absolute Gasteiger partial charge is 0.496 e. The average Bonchev–Trinajstić information content (AvgIpc) is 2.93. The number of benzene rings is 1. The summed E-state index contributed by atoms with van der Waals surface area (Å²) in [6, 6.07) is 5.09. The van der Waals surface area contributed by atoms with Gasteiger partial charge >= 0.3 is 7.12 Å². The molecular weight excluding hydrogens is 309 g/mol. The van der Waals surface area contributed by atoms with Crippen molar-refractivity contribution in [2.75, 3.05) is 26.1 Å². The smallest absolute Gasteiger partial charge is 0.488 e. The van der Waals surface area contributed by atoms with Crippen LogP contribution < -0.4 is 15.1 Å². The van der Waals surface area contributed by atoms with Crippen molar-refractivity contribution >= 4 is 40.8 Å². The number of nitrogens with zero attached hydrogens (tertiary/aromatic N) is 3. The highest BCUT2D eigenvalue weighted by molar-refractivity contribution is 8.00. The number of aromatic nitrogens is 2. The first kappa shape index (κ1) is 16.1. The van der Waals surface area contributed by atoms with Crippen molar-refractivity contribution in [3.8, 4) is 5.75 Å². The van der Waals surface area contributed by atoms with Gasteiger partial charge in [-0.05, 0) is 11.5 Å². The molecule has 2 rings (SSSR count). The summed E-state index contributed by atoms with van der Waals surface area (Å²) >= 11 is 3.05. The Morgan fingerprint density at radius 2 is 2.10 bits per heavy atom. The molecule has 0 spiro atoms. The number of thioether (sulfide) groups is 1. The van der Waals surface area contributed by atoms with E-state index in [-0.39, 0.29) is 0 Å². The normalized spacial score (nSPS) is 10.5. The molecule has 0 saturated heterocycles. The van der Waals surface area contributed by atoms with Gasteiger partial charge in [0.2, 0.25) is 5.13 Å². The van der Waals surface area contributed by atoms with E-state index < -0.39 is 7.12 Å². The van der Waals surface area contributed by atoms with Crippen LogP contribution in [0.4, 0.5) is 5.13 Å². The van der Waals surface area contributed by atoms with E-state index in [1.165, 1.54) is 23.1 Å². The van der Waals surface area contributed by atoms with Crippen LogP contribution in [0.5, 0.6) is 5.75 Å². The minimum atomic E-state index is -1.48. The fraction of sp³-hybridized carbons (Fsp3) is 0.333. The Bertz CT molecular complexity index is 607. The zero-order chi connectivity index (χ0) is 15.4. The molecule has 0 amide bonds. The molecule has 9 heteroatoms. The van der Waals surface area contributed by atoms with Gasteiger partial charge in [-0.2, -0.15) is 0 Å². The van der Waals surface area contributed by atoms with Gasteiger partial charge in [-0.25, -0.2) is 0 Å². The van der Waals surface area contributed by atoms with E-state index in [0.29, 0.717) is 17.0 Å². The molecule has 112 valence electrons. The van der Waals surface area contributed by atoms with Crippen LogP contribution in [0.3, 0.4) is 0 Å². The second kappa shape index (κ2) is 7.12. The lowest BCUT2D eigenvalue weighted by Crippen LogP contribution is -2.30. The molecule has 0 fully saturated rings. The molecule has 6 nitrogen and oxygen atoms in total. The Morgan fingerprint density at radius 3 is 2.67 bits per heavy atom. The second-order valence-electron chi connectivity index (χ2n) is 4.48. The molecule has 21 heavy (non-hydrogen) atoms. The molecule has 1 aromatic heterocycles. The molecule has 1 heterocycles. The van der Waals surface area contributed by atoms with Crippen molar-refractivity contribution in [2.24, 2.45) is 0 Å². The van der Waals surface area contributed by atoms with Crippen molar-refractivity contribution in [1.29, 1.82) is 0 Å². The van der Waals surface area contributed by atoms with E-state index in [1.54, 1.807) is 25.3 Å². The Labute approximate surface area is 131 Å². The van der Waals surface area contributed by atoms with E-state index in [4.69, 9.17) is 4.74 Å². The summed E-state index contributed by atoms with van der Waals surface area (Å²) in [4.78, 5) is 1.91. The highest BCUT2D eigenvalue weighted by Gasteiger charge is 2.15. The van der Waals surface area contributed by atoms with Gasteiger partial charge in [-0.15, -0.1) is 10.2 Å². The lowest BCUT2D eigenvalue weighted by atomic mass is 9.79. The molecule has 2 N–H and O–H groups in total. The van der Waals surface area contributed by atoms with Gasteiger partial charge in [-0.1, -0.05) is 35.2 Å². The zero-order valence-corrected chi connectivity index (χ0v) is 13.6. The molecule has 0 atom stereocenters. The maximum atomic E-state index is 9.24. The molecule has 1 aromatic carbocycles. The van der Waals surface area contributed by atoms with Gasteiger partial charge in [0.1, 0.15) is 5.75 Å². The van der Waals surface area contributed by atoms with Crippen molar-refractivity contribution in [3.05, 3.63) is 23.8 Å². The number of methoxy groups -OCH3 is 1. The van der Waals surface area contributed by atoms with Crippen LogP contribution in [0, 0.1) is 0 Å². The molecular formula is C12H16BN3O3S2. The van der Waals surface area contributed by atoms with Gasteiger partial charge < -0.3 is 19.7 Å². The van der Waals surface area contributed by atoms with Gasteiger partial charge in [0.05, 0.1) is 7.11 Å². The van der Waals surface area contributed by atoms with Gasteiger partial charge in [0.25, 0.3) is 0 Å². The molecule has 2 aromatic rings. The van der Waals surface area contributed by atoms with Crippen LogP contribution in [-0.4, -0.2) is 48.6 Å². The first-order valence-corrected chi connectivity index (χ1v) is 7.98. The Kier molecular flexibility index (Phi) is 5.46. The first-order chi connectivity index (χ1) is 10.0. The zero-order valence-electron chi connectivity index (χ0n) is 12.0. The summed E-state index contributed by atoms with van der Waals surface area (Å²) in [5, 5.41) is 27.5. The number of rotatable bonds is 6. The molecule has 0 unspecified atom stereocenters. The Hall–Kier alpha value is -1.29. The van der Waals surface area contributed by atoms with Gasteiger partial charge in [-0.3, -0.25) is 0 Å². The van der Waals surface area contributed by atoms with E-state index in [1.807, 2.05) is 19.0 Å². The van der Waals surface area contributed by atoms with Crippen molar-refractivity contribution in [1.82, 2.24) is 10.2 Å². The van der Waals surface area contributed by atoms with Crippen LogP contribution in [-0.2, 0) is 5.75 Å². The Morgan fingerprint density at radius 1 is 1.33 bits per heavy atom. The van der Waals surface area contributed by atoms with Crippen LogP contribution in [0.2, 0.25) is 0 Å². The monoisotopic (exact) mass is 325 g/mol. The Balaban J connectivity index is 2.12. The summed E-state index contributed by atoms with van der Waals surface area (Å²) in [6.45, 7) is 0. The summed E-state index contributed by atoms with van der Waals surface area (Å²) < 4.78 is 6.15. The predicted molar refractivity (Wildman–Crippen MR) is 86.6 cm³/mol. The number of hydrogen-bond acceptors (Lipinski definition) is 8. The van der Waals surface area contributed by atoms with Crippen LogP contribution in [0.25, 0.3) is 0 Å². The van der Waals surface area contributed by atoms with Crippen LogP contribution >= 0.6 is 23.1 Å². The molecule has 0 bridgehead atoms. The van der Waals surface area contributed by atoms with E-state index in [9.17, 15) is 10.0 Å². The average molecular weight is 325 g/mol. The lowest BCUT2D eigenvalue weighted by Gasteiger charge is -2.09. The minimum absolute atomic E-state index is 0.442. The predicted octanol–water partition coefficient (Wildman–Crippen LogP) is 0.585. The summed E-state index contributed by atoms with van der Waals surface area (Å²) in [5.74, 6) is 1.33. The van der Waals surface area contributed by atoms with E-state index >= 15 is 0 Å². The third-order valence-corrected chi connectivity index (χ3v) is 5.01. The molecule has 0 aliphatic rings. The fourth-order valence-corrected chi connectivity index (χ4v) is 3.39. The maximum Gasteiger partial charge on any atom is 0.488 e. The third kappa shape index (κ3) is 4.10. The topological polar surface area (TPSA) is 78.7 Å². The van der Waals surface area contributed by atoms with E-state index in [0.717, 1.165) is 15.0 Å². The molecule has 0 aliphatic carbocycles. The first-order valence-electron chi connectivity index (χ1n) is 6.18. The van der Waals surface area contributed by atoms with Crippen LogP contribution in [0.1, 0.15) is 5.56 Å². The fourth-order valence-electron chi connectivity index (χ4n) is 1.65. The SMILES string of the molecule is COc1ccc(B(O)O)cc1CSc1nnc(N(C)C)s1. The number of hydrogen-bond donors (Lipinski definition) is 2.